The van der Waals surface area contributed by atoms with Crippen LogP contribution in [0.5, 0.6) is 0 Å². The number of rotatable bonds is 5. The van der Waals surface area contributed by atoms with Gasteiger partial charge in [0.15, 0.2) is 0 Å². The number of nitrogens with zero attached hydrogens (tertiary/aromatic N) is 4. The molecule has 0 spiro atoms. The van der Waals surface area contributed by atoms with Crippen LogP contribution in [0.1, 0.15) is 27.4 Å². The van der Waals surface area contributed by atoms with E-state index in [4.69, 9.17) is 23.2 Å². The van der Waals surface area contributed by atoms with Crippen molar-refractivity contribution in [2.45, 2.75) is 20.4 Å². The van der Waals surface area contributed by atoms with Crippen molar-refractivity contribution in [3.8, 4) is 0 Å². The molecule has 2 aromatic heterocycles. The quantitative estimate of drug-likeness (QED) is 0.492. The molecule has 11 heteroatoms. The van der Waals surface area contributed by atoms with Crippen LogP contribution in [0.25, 0.3) is 0 Å². The van der Waals surface area contributed by atoms with E-state index in [1.807, 2.05) is 6.07 Å². The predicted molar refractivity (Wildman–Crippen MR) is 100 cm³/mol. The van der Waals surface area contributed by atoms with Crippen molar-refractivity contribution < 1.29 is 9.72 Å². The Morgan fingerprint density at radius 2 is 2.07 bits per heavy atom. The second-order valence-corrected chi connectivity index (χ2v) is 6.61. The molecule has 0 radical (unpaired) electrons. The number of nitrogens with one attached hydrogen (secondary N) is 2. The molecule has 0 saturated heterocycles. The second kappa shape index (κ2) is 7.37. The van der Waals surface area contributed by atoms with Crippen molar-refractivity contribution in [2.24, 2.45) is 0 Å². The maximum absolute atomic E-state index is 12.4. The normalized spacial score (nSPS) is 10.8. The Bertz CT molecular complexity index is 1040. The van der Waals surface area contributed by atoms with Crippen LogP contribution in [0.3, 0.4) is 0 Å². The first kappa shape index (κ1) is 18.9. The van der Waals surface area contributed by atoms with Crippen LogP contribution in [-0.2, 0) is 6.54 Å². The van der Waals surface area contributed by atoms with Gasteiger partial charge in [-0.15, -0.1) is 0 Å². The van der Waals surface area contributed by atoms with Gasteiger partial charge in [-0.05, 0) is 31.5 Å². The molecular formula is C16H14Cl2N6O3. The third-order valence-electron chi connectivity index (χ3n) is 3.98. The Balaban J connectivity index is 1.85. The molecule has 3 aromatic rings. The van der Waals surface area contributed by atoms with Crippen LogP contribution in [0, 0.1) is 24.0 Å². The van der Waals surface area contributed by atoms with Gasteiger partial charge in [0.05, 0.1) is 38.6 Å². The molecule has 1 amide bonds. The Hall–Kier alpha value is -2.91. The van der Waals surface area contributed by atoms with Gasteiger partial charge in [0.2, 0.25) is 5.69 Å². The van der Waals surface area contributed by atoms with Crippen molar-refractivity contribution in [3.63, 3.8) is 0 Å². The summed E-state index contributed by atoms with van der Waals surface area (Å²) in [5.74, 6) is -0.667. The van der Waals surface area contributed by atoms with E-state index in [1.54, 1.807) is 30.7 Å². The number of aromatic amines is 1. The number of H-pyrrole nitrogens is 1. The van der Waals surface area contributed by atoms with Gasteiger partial charge in [-0.2, -0.15) is 10.2 Å². The minimum atomic E-state index is -0.675. The van der Waals surface area contributed by atoms with E-state index in [2.05, 4.69) is 20.6 Å². The number of halogens is 2. The number of nitro groups is 1. The first-order valence-corrected chi connectivity index (χ1v) is 8.50. The number of anilines is 1. The Morgan fingerprint density at radius 3 is 2.74 bits per heavy atom. The fourth-order valence-electron chi connectivity index (χ4n) is 2.60. The lowest BCUT2D eigenvalue weighted by Crippen LogP contribution is -2.15. The molecule has 140 valence electrons. The van der Waals surface area contributed by atoms with Crippen LogP contribution in [0.2, 0.25) is 10.0 Å². The van der Waals surface area contributed by atoms with Crippen molar-refractivity contribution >= 4 is 40.5 Å². The third kappa shape index (κ3) is 3.79. The van der Waals surface area contributed by atoms with Crippen LogP contribution in [-0.4, -0.2) is 30.8 Å². The first-order chi connectivity index (χ1) is 12.8. The van der Waals surface area contributed by atoms with Gasteiger partial charge in [-0.25, -0.2) is 0 Å². The summed E-state index contributed by atoms with van der Waals surface area (Å²) in [5.41, 5.74) is 2.00. The maximum atomic E-state index is 12.4. The van der Waals surface area contributed by atoms with E-state index < -0.39 is 16.5 Å². The average Bonchev–Trinajstić information content (AvgIpc) is 3.19. The fourth-order valence-corrected chi connectivity index (χ4v) is 2.92. The maximum Gasteiger partial charge on any atom is 0.319 e. The standard InChI is InChI=1S/C16H14Cl2N6O3/c1-8-14(20-16(25)15-13(24(26)27)6-19-21-15)9(2)23(22-8)7-10-3-4-11(17)12(18)5-10/h3-6H,7H2,1-2H3,(H,19,21)(H,20,25). The molecule has 0 atom stereocenters. The number of carbonyl (C=O) groups is 1. The van der Waals surface area contributed by atoms with Crippen molar-refractivity contribution in [2.75, 3.05) is 5.32 Å². The number of aromatic nitrogens is 4. The van der Waals surface area contributed by atoms with E-state index in [-0.39, 0.29) is 5.69 Å². The van der Waals surface area contributed by atoms with Crippen LogP contribution < -0.4 is 5.32 Å². The predicted octanol–water partition coefficient (Wildman–Crippen LogP) is 3.74. The van der Waals surface area contributed by atoms with Gasteiger partial charge in [0.1, 0.15) is 6.20 Å². The molecular weight excluding hydrogens is 395 g/mol. The Labute approximate surface area is 163 Å². The summed E-state index contributed by atoms with van der Waals surface area (Å²) in [6, 6.07) is 5.27. The summed E-state index contributed by atoms with van der Waals surface area (Å²) in [6.45, 7) is 3.94. The highest BCUT2D eigenvalue weighted by molar-refractivity contribution is 6.42. The minimum absolute atomic E-state index is 0.226. The summed E-state index contributed by atoms with van der Waals surface area (Å²) < 4.78 is 1.70. The molecule has 0 unspecified atom stereocenters. The molecule has 0 aliphatic rings. The smallest absolute Gasteiger partial charge is 0.317 e. The van der Waals surface area contributed by atoms with Crippen LogP contribution in [0.4, 0.5) is 11.4 Å². The molecule has 1 aromatic carbocycles. The summed E-state index contributed by atoms with van der Waals surface area (Å²) in [7, 11) is 0. The number of benzene rings is 1. The molecule has 0 aliphatic heterocycles. The van der Waals surface area contributed by atoms with E-state index in [0.717, 1.165) is 11.8 Å². The number of aryl methyl sites for hydroxylation is 1. The third-order valence-corrected chi connectivity index (χ3v) is 4.72. The molecule has 0 bridgehead atoms. The topological polar surface area (TPSA) is 119 Å². The van der Waals surface area contributed by atoms with Crippen molar-refractivity contribution in [3.05, 3.63) is 67.2 Å². The zero-order valence-electron chi connectivity index (χ0n) is 14.3. The number of hydrogen-bond donors (Lipinski definition) is 2. The van der Waals surface area contributed by atoms with Gasteiger partial charge < -0.3 is 5.32 Å². The van der Waals surface area contributed by atoms with E-state index in [9.17, 15) is 14.9 Å². The Morgan fingerprint density at radius 1 is 1.33 bits per heavy atom. The van der Waals surface area contributed by atoms with Gasteiger partial charge in [0, 0.05) is 0 Å². The Kier molecular flexibility index (Phi) is 5.15. The summed E-state index contributed by atoms with van der Waals surface area (Å²) in [5, 5.41) is 24.8. The lowest BCUT2D eigenvalue weighted by Gasteiger charge is -2.07. The molecule has 9 nitrogen and oxygen atoms in total. The molecule has 0 fully saturated rings. The van der Waals surface area contributed by atoms with Gasteiger partial charge in [0.25, 0.3) is 5.91 Å². The van der Waals surface area contributed by atoms with Gasteiger partial charge in [-0.1, -0.05) is 29.3 Å². The van der Waals surface area contributed by atoms with Crippen LogP contribution in [0.15, 0.2) is 24.4 Å². The van der Waals surface area contributed by atoms with Crippen LogP contribution >= 0.6 is 23.2 Å². The van der Waals surface area contributed by atoms with E-state index >= 15 is 0 Å². The number of hydrogen-bond acceptors (Lipinski definition) is 5. The van der Waals surface area contributed by atoms with E-state index in [1.165, 1.54) is 0 Å². The lowest BCUT2D eigenvalue weighted by molar-refractivity contribution is -0.385. The molecule has 3 rings (SSSR count). The van der Waals surface area contributed by atoms with Crippen molar-refractivity contribution in [1.82, 2.24) is 20.0 Å². The number of amides is 1. The molecule has 0 aliphatic carbocycles. The van der Waals surface area contributed by atoms with Gasteiger partial charge in [-0.3, -0.25) is 24.7 Å². The molecule has 0 saturated carbocycles. The highest BCUT2D eigenvalue weighted by atomic mass is 35.5. The largest absolute Gasteiger partial charge is 0.319 e. The molecule has 2 N–H and O–H groups in total. The van der Waals surface area contributed by atoms with Gasteiger partial charge >= 0.3 is 5.69 Å². The number of carbonyl (C=O) groups excluding carboxylic acids is 1. The summed E-state index contributed by atoms with van der Waals surface area (Å²) in [4.78, 5) is 22.7. The molecule has 27 heavy (non-hydrogen) atoms. The van der Waals surface area contributed by atoms with Crippen molar-refractivity contribution in [1.29, 1.82) is 0 Å². The van der Waals surface area contributed by atoms with E-state index in [0.29, 0.717) is 33.7 Å². The summed E-state index contributed by atoms with van der Waals surface area (Å²) in [6.07, 6.45) is 0.988. The zero-order chi connectivity index (χ0) is 19.7. The summed E-state index contributed by atoms with van der Waals surface area (Å²) >= 11 is 12.0. The monoisotopic (exact) mass is 408 g/mol. The zero-order valence-corrected chi connectivity index (χ0v) is 15.8. The highest BCUT2D eigenvalue weighted by Gasteiger charge is 2.24. The second-order valence-electron chi connectivity index (χ2n) is 5.79. The average molecular weight is 409 g/mol. The first-order valence-electron chi connectivity index (χ1n) is 7.75. The lowest BCUT2D eigenvalue weighted by atomic mass is 10.2. The fraction of sp³-hybridized carbons (Fsp3) is 0.188. The SMILES string of the molecule is Cc1nn(Cc2ccc(Cl)c(Cl)c2)c(C)c1NC(=O)c1[nH]ncc1[N+](=O)[O-]. The molecule has 2 heterocycles. The highest BCUT2D eigenvalue weighted by Crippen LogP contribution is 2.25. The minimum Gasteiger partial charge on any atom is -0.317 e.